The fourth-order valence-electron chi connectivity index (χ4n) is 5.32. The molecule has 0 spiro atoms. The average Bonchev–Trinajstić information content (AvgIpc) is 3.41. The van der Waals surface area contributed by atoms with E-state index in [0.29, 0.717) is 18.4 Å². The Labute approximate surface area is 239 Å². The number of nitrogens with one attached hydrogen (secondary N) is 1. The summed E-state index contributed by atoms with van der Waals surface area (Å²) in [6.07, 6.45) is 6.67. The van der Waals surface area contributed by atoms with Gasteiger partial charge in [-0.1, -0.05) is 30.3 Å². The second kappa shape index (κ2) is 12.2. The van der Waals surface area contributed by atoms with Crippen molar-refractivity contribution in [1.29, 1.82) is 0 Å². The minimum absolute atomic E-state index is 0.148. The molecule has 7 nitrogen and oxygen atoms in total. The first-order chi connectivity index (χ1) is 20.2. The van der Waals surface area contributed by atoms with E-state index in [1.807, 2.05) is 84.9 Å². The van der Waals surface area contributed by atoms with Crippen molar-refractivity contribution in [3.8, 4) is 34.4 Å². The third kappa shape index (κ3) is 6.05. The lowest BCUT2D eigenvalue weighted by atomic mass is 9.87. The van der Waals surface area contributed by atoms with Gasteiger partial charge in [0.2, 0.25) is 0 Å². The molecule has 5 aromatic rings. The maximum Gasteiger partial charge on any atom is 0.337 e. The highest BCUT2D eigenvalue weighted by Crippen LogP contribution is 2.29. The Morgan fingerprint density at radius 2 is 1.44 bits per heavy atom. The second-order valence-electron chi connectivity index (χ2n) is 10.1. The Hall–Kier alpha value is -4.75. The molecule has 41 heavy (non-hydrogen) atoms. The fourth-order valence-corrected chi connectivity index (χ4v) is 5.32. The van der Waals surface area contributed by atoms with E-state index in [0.717, 1.165) is 54.4 Å². The molecule has 1 heterocycles. The average molecular weight is 548 g/mol. The minimum Gasteiger partial charge on any atom is -0.496 e. The van der Waals surface area contributed by atoms with Crippen molar-refractivity contribution in [2.24, 2.45) is 0 Å². The van der Waals surface area contributed by atoms with Crippen LogP contribution in [-0.2, 0) is 12.8 Å². The van der Waals surface area contributed by atoms with Crippen LogP contribution in [0.5, 0.6) is 23.0 Å². The largest absolute Gasteiger partial charge is 0.496 e. The Kier molecular flexibility index (Phi) is 7.87. The van der Waals surface area contributed by atoms with Crippen molar-refractivity contribution in [1.82, 2.24) is 14.5 Å². The summed E-state index contributed by atoms with van der Waals surface area (Å²) >= 11 is 0. The zero-order chi connectivity index (χ0) is 28.0. The normalized spacial score (nSPS) is 14.3. The third-order valence-electron chi connectivity index (χ3n) is 7.45. The molecular formula is C34H33N3O4. The Morgan fingerprint density at radius 1 is 0.780 bits per heavy atom. The number of aromatic nitrogens is 2. The van der Waals surface area contributed by atoms with E-state index in [9.17, 15) is 4.79 Å². The van der Waals surface area contributed by atoms with Gasteiger partial charge in [0.25, 0.3) is 0 Å². The standard InChI is InChI=1S/C34H33N3O4/c1-39-33-9-5-6-25-10-11-26(24-32(25)33)35-20-23-40-29-16-12-27(13-17-29)36-21-22-37(34(36)38)28-14-18-31(19-15-28)41-30-7-3-2-4-8-30/h2-9,12-19,21-22,26,35H,10-11,20,23-24H2,1H3/t26-/m0/s1. The van der Waals surface area contributed by atoms with Crippen molar-refractivity contribution in [3.63, 3.8) is 0 Å². The molecule has 0 saturated carbocycles. The molecule has 1 aromatic heterocycles. The summed E-state index contributed by atoms with van der Waals surface area (Å²) in [5.41, 5.74) is 4.10. The van der Waals surface area contributed by atoms with Crippen LogP contribution in [0.15, 0.2) is 114 Å². The van der Waals surface area contributed by atoms with Gasteiger partial charge in [-0.25, -0.2) is 4.79 Å². The monoisotopic (exact) mass is 547 g/mol. The molecule has 208 valence electrons. The number of methoxy groups -OCH3 is 1. The lowest BCUT2D eigenvalue weighted by molar-refractivity contribution is 0.299. The summed E-state index contributed by atoms with van der Waals surface area (Å²) in [5, 5.41) is 3.63. The first-order valence-corrected chi connectivity index (χ1v) is 13.9. The van der Waals surface area contributed by atoms with E-state index in [-0.39, 0.29) is 5.69 Å². The molecule has 0 amide bonds. The van der Waals surface area contributed by atoms with Crippen LogP contribution in [0.1, 0.15) is 17.5 Å². The lowest BCUT2D eigenvalue weighted by Gasteiger charge is -2.27. The fraction of sp³-hybridized carbons (Fsp3) is 0.206. The van der Waals surface area contributed by atoms with Crippen LogP contribution in [-0.4, -0.2) is 35.4 Å². The molecule has 1 atom stereocenters. The molecule has 4 aromatic carbocycles. The van der Waals surface area contributed by atoms with Crippen LogP contribution in [0, 0.1) is 0 Å². The molecule has 1 aliphatic rings. The third-order valence-corrected chi connectivity index (χ3v) is 7.45. The molecule has 0 fully saturated rings. The zero-order valence-electron chi connectivity index (χ0n) is 23.0. The van der Waals surface area contributed by atoms with Crippen LogP contribution in [0.25, 0.3) is 11.4 Å². The molecule has 0 radical (unpaired) electrons. The lowest BCUT2D eigenvalue weighted by Crippen LogP contribution is -2.37. The van der Waals surface area contributed by atoms with Crippen LogP contribution in [0.2, 0.25) is 0 Å². The molecule has 0 saturated heterocycles. The highest BCUT2D eigenvalue weighted by Gasteiger charge is 2.21. The van der Waals surface area contributed by atoms with Crippen molar-refractivity contribution in [2.75, 3.05) is 20.3 Å². The van der Waals surface area contributed by atoms with Gasteiger partial charge in [-0.15, -0.1) is 0 Å². The molecule has 6 rings (SSSR count). The number of para-hydroxylation sites is 1. The topological polar surface area (TPSA) is 66.7 Å². The number of rotatable bonds is 10. The van der Waals surface area contributed by atoms with E-state index in [1.54, 1.807) is 28.6 Å². The highest BCUT2D eigenvalue weighted by molar-refractivity contribution is 5.43. The molecule has 7 heteroatoms. The number of hydrogen-bond donors (Lipinski definition) is 1. The van der Waals surface area contributed by atoms with Crippen LogP contribution < -0.4 is 25.2 Å². The smallest absolute Gasteiger partial charge is 0.337 e. The Balaban J connectivity index is 1.02. The van der Waals surface area contributed by atoms with Gasteiger partial charge in [-0.05, 0) is 97.1 Å². The van der Waals surface area contributed by atoms with Gasteiger partial charge in [0.05, 0.1) is 18.5 Å². The van der Waals surface area contributed by atoms with Gasteiger partial charge in [0.1, 0.15) is 29.6 Å². The predicted molar refractivity (Wildman–Crippen MR) is 160 cm³/mol. The maximum atomic E-state index is 13.2. The van der Waals surface area contributed by atoms with Crippen molar-refractivity contribution < 1.29 is 14.2 Å². The molecule has 0 unspecified atom stereocenters. The van der Waals surface area contributed by atoms with Crippen LogP contribution in [0.4, 0.5) is 0 Å². The highest BCUT2D eigenvalue weighted by atomic mass is 16.5. The van der Waals surface area contributed by atoms with E-state index in [4.69, 9.17) is 14.2 Å². The van der Waals surface area contributed by atoms with Gasteiger partial charge >= 0.3 is 5.69 Å². The number of aryl methyl sites for hydroxylation is 1. The molecule has 1 N–H and O–H groups in total. The summed E-state index contributed by atoms with van der Waals surface area (Å²) in [6, 6.07) is 31.4. The zero-order valence-corrected chi connectivity index (χ0v) is 23.0. The summed E-state index contributed by atoms with van der Waals surface area (Å²) in [7, 11) is 1.74. The SMILES string of the molecule is COc1cccc2c1C[C@@H](NCCOc1ccc(-n3ccn(-c4ccc(Oc5ccccc5)cc4)c3=O)cc1)CC2. The van der Waals surface area contributed by atoms with Gasteiger partial charge in [0.15, 0.2) is 0 Å². The predicted octanol–water partition coefficient (Wildman–Crippen LogP) is 5.96. The van der Waals surface area contributed by atoms with Crippen molar-refractivity contribution in [3.05, 3.63) is 131 Å². The van der Waals surface area contributed by atoms with Crippen LogP contribution >= 0.6 is 0 Å². The molecule has 0 bridgehead atoms. The van der Waals surface area contributed by atoms with E-state index in [1.165, 1.54) is 11.1 Å². The molecule has 0 aliphatic heterocycles. The molecular weight excluding hydrogens is 514 g/mol. The first-order valence-electron chi connectivity index (χ1n) is 13.9. The molecule has 1 aliphatic carbocycles. The van der Waals surface area contributed by atoms with Crippen molar-refractivity contribution >= 4 is 0 Å². The van der Waals surface area contributed by atoms with E-state index < -0.39 is 0 Å². The number of fused-ring (bicyclic) bond motifs is 1. The minimum atomic E-state index is -0.148. The summed E-state index contributed by atoms with van der Waals surface area (Å²) < 4.78 is 20.6. The summed E-state index contributed by atoms with van der Waals surface area (Å²) in [5.74, 6) is 3.23. The quantitative estimate of drug-likeness (QED) is 0.219. The number of nitrogens with zero attached hydrogens (tertiary/aromatic N) is 2. The van der Waals surface area contributed by atoms with E-state index >= 15 is 0 Å². The summed E-state index contributed by atoms with van der Waals surface area (Å²) in [4.78, 5) is 13.2. The van der Waals surface area contributed by atoms with E-state index in [2.05, 4.69) is 17.4 Å². The van der Waals surface area contributed by atoms with Gasteiger partial charge < -0.3 is 19.5 Å². The second-order valence-corrected chi connectivity index (χ2v) is 10.1. The van der Waals surface area contributed by atoms with Gasteiger partial charge in [0, 0.05) is 25.0 Å². The Bertz CT molecular complexity index is 1630. The Morgan fingerprint density at radius 3 is 2.12 bits per heavy atom. The number of imidazole rings is 1. The maximum absolute atomic E-state index is 13.2. The van der Waals surface area contributed by atoms with Crippen molar-refractivity contribution in [2.45, 2.75) is 25.3 Å². The number of hydrogen-bond acceptors (Lipinski definition) is 5. The first kappa shape index (κ1) is 26.5. The number of benzene rings is 4. The number of ether oxygens (including phenoxy) is 3. The van der Waals surface area contributed by atoms with Gasteiger partial charge in [-0.2, -0.15) is 0 Å². The summed E-state index contributed by atoms with van der Waals surface area (Å²) in [6.45, 7) is 1.32. The van der Waals surface area contributed by atoms with Crippen LogP contribution in [0.3, 0.4) is 0 Å². The van der Waals surface area contributed by atoms with Gasteiger partial charge in [-0.3, -0.25) is 9.13 Å².